The first-order chi connectivity index (χ1) is 10.7. The van der Waals surface area contributed by atoms with Crippen LogP contribution in [0.15, 0.2) is 30.5 Å². The molecular weight excluding hydrogens is 310 g/mol. The van der Waals surface area contributed by atoms with Crippen molar-refractivity contribution in [2.75, 3.05) is 10.6 Å². The highest BCUT2D eigenvalue weighted by Gasteiger charge is 2.16. The number of carbonyl (C=O) groups is 1. The number of hydrogen-bond donors (Lipinski definition) is 2. The molecular formula is C17H23N3O2S. The number of aryl methyl sites for hydroxylation is 1. The predicted octanol–water partition coefficient (Wildman–Crippen LogP) is 4.97. The van der Waals surface area contributed by atoms with Crippen molar-refractivity contribution in [2.45, 2.75) is 46.3 Å². The molecule has 5 nitrogen and oxygen atoms in total. The summed E-state index contributed by atoms with van der Waals surface area (Å²) in [6.45, 7) is 9.67. The number of carbonyl (C=O) groups excluding carboxylic acids is 1. The van der Waals surface area contributed by atoms with E-state index >= 15 is 0 Å². The fraction of sp³-hybridized carbons (Fsp3) is 0.412. The van der Waals surface area contributed by atoms with Crippen LogP contribution in [-0.2, 0) is 4.74 Å². The van der Waals surface area contributed by atoms with Gasteiger partial charge >= 0.3 is 6.09 Å². The minimum Gasteiger partial charge on any atom is -0.444 e. The molecule has 0 saturated heterocycles. The van der Waals surface area contributed by atoms with E-state index in [-0.39, 0.29) is 6.04 Å². The van der Waals surface area contributed by atoms with E-state index in [1.165, 1.54) is 9.75 Å². The lowest BCUT2D eigenvalue weighted by atomic mass is 10.2. The fourth-order valence-corrected chi connectivity index (χ4v) is 2.85. The van der Waals surface area contributed by atoms with Gasteiger partial charge in [-0.2, -0.15) is 0 Å². The second-order valence-corrected chi connectivity index (χ2v) is 7.69. The summed E-state index contributed by atoms with van der Waals surface area (Å²) in [4.78, 5) is 18.5. The number of anilines is 2. The van der Waals surface area contributed by atoms with Gasteiger partial charge in [0.15, 0.2) is 0 Å². The molecule has 23 heavy (non-hydrogen) atoms. The first-order valence-corrected chi connectivity index (χ1v) is 8.33. The zero-order valence-electron chi connectivity index (χ0n) is 14.1. The molecule has 0 saturated carbocycles. The zero-order chi connectivity index (χ0) is 17.0. The van der Waals surface area contributed by atoms with E-state index in [2.05, 4.69) is 41.6 Å². The number of nitrogens with one attached hydrogen (secondary N) is 2. The summed E-state index contributed by atoms with van der Waals surface area (Å²) in [6.07, 6.45) is 1.19. The maximum absolute atomic E-state index is 11.7. The second kappa shape index (κ2) is 7.00. The highest BCUT2D eigenvalue weighted by molar-refractivity contribution is 7.12. The Kier molecular flexibility index (Phi) is 5.26. The van der Waals surface area contributed by atoms with Crippen LogP contribution in [0.1, 0.15) is 43.5 Å². The predicted molar refractivity (Wildman–Crippen MR) is 95.2 cm³/mol. The molecule has 0 bridgehead atoms. The highest BCUT2D eigenvalue weighted by atomic mass is 32.1. The fourth-order valence-electron chi connectivity index (χ4n) is 1.97. The summed E-state index contributed by atoms with van der Waals surface area (Å²) in [5.74, 6) is 0.462. The Hall–Kier alpha value is -2.08. The van der Waals surface area contributed by atoms with E-state index in [1.807, 2.05) is 26.8 Å². The molecule has 2 aromatic heterocycles. The second-order valence-electron chi connectivity index (χ2n) is 6.37. The summed E-state index contributed by atoms with van der Waals surface area (Å²) in [5.41, 5.74) is 0.373. The molecule has 1 unspecified atom stereocenters. The standard InChI is InChI=1S/C17H23N3O2S/c1-11-6-8-14(23-11)12(2)19-13-7-9-15(18-10-13)20-16(21)22-17(3,4)5/h6-10,12,19H,1-5H3,(H,18,20,21). The minimum atomic E-state index is -0.528. The molecule has 0 fully saturated rings. The first kappa shape index (κ1) is 17.3. The van der Waals surface area contributed by atoms with E-state index in [1.54, 1.807) is 23.6 Å². The SMILES string of the molecule is Cc1ccc(C(C)Nc2ccc(NC(=O)OC(C)(C)C)nc2)s1. The first-order valence-electron chi connectivity index (χ1n) is 7.52. The van der Waals surface area contributed by atoms with Crippen LogP contribution in [0.25, 0.3) is 0 Å². The van der Waals surface area contributed by atoms with Crippen LogP contribution in [0.4, 0.5) is 16.3 Å². The number of thiophene rings is 1. The van der Waals surface area contributed by atoms with Crippen LogP contribution in [0.5, 0.6) is 0 Å². The molecule has 2 aromatic rings. The van der Waals surface area contributed by atoms with Crippen molar-refractivity contribution in [1.82, 2.24) is 4.98 Å². The van der Waals surface area contributed by atoms with E-state index in [9.17, 15) is 4.79 Å². The maximum atomic E-state index is 11.7. The van der Waals surface area contributed by atoms with Gasteiger partial charge in [0.2, 0.25) is 0 Å². The largest absolute Gasteiger partial charge is 0.444 e. The number of aromatic nitrogens is 1. The van der Waals surface area contributed by atoms with E-state index in [4.69, 9.17) is 4.74 Å². The quantitative estimate of drug-likeness (QED) is 0.829. The number of ether oxygens (including phenoxy) is 1. The zero-order valence-corrected chi connectivity index (χ0v) is 15.0. The lowest BCUT2D eigenvalue weighted by Gasteiger charge is -2.19. The summed E-state index contributed by atoms with van der Waals surface area (Å²) >= 11 is 1.78. The van der Waals surface area contributed by atoms with Crippen molar-refractivity contribution >= 4 is 28.9 Å². The van der Waals surface area contributed by atoms with Gasteiger partial charge in [-0.3, -0.25) is 5.32 Å². The number of rotatable bonds is 4. The smallest absolute Gasteiger partial charge is 0.413 e. The average molecular weight is 333 g/mol. The Balaban J connectivity index is 1.93. The van der Waals surface area contributed by atoms with Gasteiger partial charge in [-0.25, -0.2) is 9.78 Å². The summed E-state index contributed by atoms with van der Waals surface area (Å²) in [5, 5.41) is 6.01. The van der Waals surface area contributed by atoms with Gasteiger partial charge in [0, 0.05) is 9.75 Å². The van der Waals surface area contributed by atoms with Gasteiger partial charge in [-0.05, 0) is 58.9 Å². The summed E-state index contributed by atoms with van der Waals surface area (Å²) < 4.78 is 5.19. The molecule has 1 amide bonds. The van der Waals surface area contributed by atoms with Crippen molar-refractivity contribution in [1.29, 1.82) is 0 Å². The van der Waals surface area contributed by atoms with Gasteiger partial charge in [0.25, 0.3) is 0 Å². The van der Waals surface area contributed by atoms with Crippen LogP contribution in [-0.4, -0.2) is 16.7 Å². The normalized spacial score (nSPS) is 12.6. The topological polar surface area (TPSA) is 63.2 Å². The third-order valence-corrected chi connectivity index (χ3v) is 4.15. The molecule has 6 heteroatoms. The molecule has 0 aliphatic rings. The van der Waals surface area contributed by atoms with E-state index in [0.29, 0.717) is 5.82 Å². The molecule has 1 atom stereocenters. The van der Waals surface area contributed by atoms with Gasteiger partial charge < -0.3 is 10.1 Å². The molecule has 0 radical (unpaired) electrons. The number of amides is 1. The van der Waals surface area contributed by atoms with Gasteiger partial charge in [0.1, 0.15) is 11.4 Å². The lowest BCUT2D eigenvalue weighted by molar-refractivity contribution is 0.0635. The van der Waals surface area contributed by atoms with E-state index in [0.717, 1.165) is 5.69 Å². The molecule has 2 heterocycles. The van der Waals surface area contributed by atoms with Gasteiger partial charge in [-0.1, -0.05) is 0 Å². The Morgan fingerprint density at radius 2 is 2.00 bits per heavy atom. The van der Waals surface area contributed by atoms with Crippen molar-refractivity contribution in [2.24, 2.45) is 0 Å². The summed E-state index contributed by atoms with van der Waals surface area (Å²) in [7, 11) is 0. The van der Waals surface area contributed by atoms with E-state index < -0.39 is 11.7 Å². The third kappa shape index (κ3) is 5.56. The maximum Gasteiger partial charge on any atom is 0.413 e. The van der Waals surface area contributed by atoms with Crippen LogP contribution >= 0.6 is 11.3 Å². The number of hydrogen-bond acceptors (Lipinski definition) is 5. The van der Waals surface area contributed by atoms with Crippen molar-refractivity contribution < 1.29 is 9.53 Å². The lowest BCUT2D eigenvalue weighted by Crippen LogP contribution is -2.27. The van der Waals surface area contributed by atoms with Crippen LogP contribution in [0.2, 0.25) is 0 Å². The molecule has 0 aliphatic carbocycles. The van der Waals surface area contributed by atoms with Crippen molar-refractivity contribution in [3.8, 4) is 0 Å². The Morgan fingerprint density at radius 1 is 1.26 bits per heavy atom. The van der Waals surface area contributed by atoms with Crippen molar-refractivity contribution in [3.63, 3.8) is 0 Å². The van der Waals surface area contributed by atoms with Gasteiger partial charge in [-0.15, -0.1) is 11.3 Å². The third-order valence-electron chi connectivity index (χ3n) is 2.96. The molecule has 2 rings (SSSR count). The molecule has 0 aliphatic heterocycles. The Labute approximate surface area is 141 Å². The van der Waals surface area contributed by atoms with Crippen LogP contribution in [0.3, 0.4) is 0 Å². The molecule has 0 aromatic carbocycles. The van der Waals surface area contributed by atoms with Crippen LogP contribution in [0, 0.1) is 6.92 Å². The average Bonchev–Trinajstić information content (AvgIpc) is 2.85. The molecule has 0 spiro atoms. The monoisotopic (exact) mass is 333 g/mol. The van der Waals surface area contributed by atoms with Gasteiger partial charge in [0.05, 0.1) is 17.9 Å². The molecule has 124 valence electrons. The Bertz CT molecular complexity index is 659. The minimum absolute atomic E-state index is 0.208. The Morgan fingerprint density at radius 3 is 2.52 bits per heavy atom. The summed E-state index contributed by atoms with van der Waals surface area (Å²) in [6, 6.07) is 8.09. The highest BCUT2D eigenvalue weighted by Crippen LogP contribution is 2.25. The van der Waals surface area contributed by atoms with Crippen molar-refractivity contribution in [3.05, 3.63) is 40.2 Å². The molecule has 2 N–H and O–H groups in total. The number of nitrogens with zero attached hydrogens (tertiary/aromatic N) is 1. The number of pyridine rings is 1. The van der Waals surface area contributed by atoms with Crippen LogP contribution < -0.4 is 10.6 Å².